The smallest absolute Gasteiger partial charge is 0.219 e. The molecule has 120 valence electrons. The molecule has 0 N–H and O–H groups in total. The molecule has 1 aromatic rings. The molecule has 0 unspecified atom stereocenters. The fraction of sp³-hybridized carbons (Fsp3) is 0.474. The summed E-state index contributed by atoms with van der Waals surface area (Å²) >= 11 is 1.21. The molecule has 1 rings (SSSR count). The highest BCUT2D eigenvalue weighted by molar-refractivity contribution is 8.14. The Balaban J connectivity index is 2.40. The van der Waals surface area contributed by atoms with Gasteiger partial charge in [-0.05, 0) is 19.8 Å². The Labute approximate surface area is 138 Å². The Kier molecular flexibility index (Phi) is 9.56. The molecule has 0 saturated heterocycles. The van der Waals surface area contributed by atoms with Gasteiger partial charge in [-0.1, -0.05) is 80.8 Å². The van der Waals surface area contributed by atoms with Gasteiger partial charge in [-0.15, -0.1) is 0 Å². The van der Waals surface area contributed by atoms with Crippen molar-refractivity contribution in [1.29, 1.82) is 0 Å². The predicted octanol–water partition coefficient (Wildman–Crippen LogP) is 5.44. The summed E-state index contributed by atoms with van der Waals surface area (Å²) in [6, 6.07) is 9.21. The lowest BCUT2D eigenvalue weighted by molar-refractivity contribution is -0.113. The van der Waals surface area contributed by atoms with Crippen LogP contribution in [0.5, 0.6) is 0 Å². The van der Waals surface area contributed by atoms with Crippen molar-refractivity contribution in [3.63, 3.8) is 0 Å². The third kappa shape index (κ3) is 7.60. The number of carbonyl (C=O) groups excluding carboxylic acids is 2. The molecule has 2 nitrogen and oxygen atoms in total. The summed E-state index contributed by atoms with van der Waals surface area (Å²) in [5.74, 6) is 0.541. The second-order valence-electron chi connectivity index (χ2n) is 5.43. The number of allylic oxidation sites excluding steroid dienone is 1. The number of rotatable bonds is 10. The monoisotopic (exact) mass is 318 g/mol. The molecule has 0 heterocycles. The molecule has 0 aliphatic heterocycles. The lowest BCUT2D eigenvalue weighted by Gasteiger charge is -2.04. The van der Waals surface area contributed by atoms with E-state index in [4.69, 9.17) is 0 Å². The maximum atomic E-state index is 12.0. The number of thioether (sulfide) groups is 1. The number of hydrogen-bond donors (Lipinski definition) is 0. The normalized spacial score (nSPS) is 11.5. The Morgan fingerprint density at radius 2 is 1.73 bits per heavy atom. The van der Waals surface area contributed by atoms with E-state index in [0.717, 1.165) is 18.4 Å². The van der Waals surface area contributed by atoms with Gasteiger partial charge in [0.25, 0.3) is 0 Å². The quantitative estimate of drug-likeness (QED) is 0.426. The molecular weight excluding hydrogens is 292 g/mol. The molecule has 0 aromatic heterocycles. The summed E-state index contributed by atoms with van der Waals surface area (Å²) < 4.78 is 0. The largest absolute Gasteiger partial charge is 0.295 e. The van der Waals surface area contributed by atoms with Crippen molar-refractivity contribution in [1.82, 2.24) is 0 Å². The van der Waals surface area contributed by atoms with Crippen molar-refractivity contribution in [3.8, 4) is 0 Å². The minimum Gasteiger partial charge on any atom is -0.295 e. The number of ketones is 1. The van der Waals surface area contributed by atoms with Crippen LogP contribution < -0.4 is 0 Å². The zero-order valence-electron chi connectivity index (χ0n) is 13.6. The molecule has 0 bridgehead atoms. The Hall–Kier alpha value is -1.35. The number of benzene rings is 1. The van der Waals surface area contributed by atoms with E-state index in [2.05, 4.69) is 6.92 Å². The van der Waals surface area contributed by atoms with Crippen molar-refractivity contribution in [3.05, 3.63) is 47.5 Å². The number of Topliss-reactive ketones (excluding diaryl/α,β-unsaturated/α-hetero) is 1. The van der Waals surface area contributed by atoms with Gasteiger partial charge in [-0.2, -0.15) is 0 Å². The van der Waals surface area contributed by atoms with Gasteiger partial charge in [0.05, 0.1) is 0 Å². The summed E-state index contributed by atoms with van der Waals surface area (Å²) in [6.07, 6.45) is 9.07. The van der Waals surface area contributed by atoms with Crippen molar-refractivity contribution in [2.24, 2.45) is 0 Å². The molecule has 0 aliphatic carbocycles. The SMILES string of the molecule is CCCCCCC/C=C(\CSC(=O)c1ccccc1)C(C)=O. The first kappa shape index (κ1) is 18.7. The molecule has 0 aliphatic rings. The first-order valence-corrected chi connectivity index (χ1v) is 9.05. The van der Waals surface area contributed by atoms with Gasteiger partial charge in [0.1, 0.15) is 0 Å². The average molecular weight is 318 g/mol. The van der Waals surface area contributed by atoms with Gasteiger partial charge >= 0.3 is 0 Å². The van der Waals surface area contributed by atoms with E-state index >= 15 is 0 Å². The van der Waals surface area contributed by atoms with Crippen molar-refractivity contribution in [2.75, 3.05) is 5.75 Å². The molecule has 0 radical (unpaired) electrons. The summed E-state index contributed by atoms with van der Waals surface area (Å²) in [4.78, 5) is 23.7. The zero-order chi connectivity index (χ0) is 16.2. The maximum Gasteiger partial charge on any atom is 0.219 e. The second-order valence-corrected chi connectivity index (χ2v) is 6.38. The minimum absolute atomic E-state index is 0.0238. The summed E-state index contributed by atoms with van der Waals surface area (Å²) in [7, 11) is 0. The Morgan fingerprint density at radius 1 is 1.05 bits per heavy atom. The lowest BCUT2D eigenvalue weighted by Crippen LogP contribution is -2.03. The molecule has 0 amide bonds. The molecule has 0 saturated carbocycles. The van der Waals surface area contributed by atoms with Gasteiger partial charge < -0.3 is 0 Å². The first-order chi connectivity index (χ1) is 10.6. The zero-order valence-corrected chi connectivity index (χ0v) is 14.5. The lowest BCUT2D eigenvalue weighted by atomic mass is 10.1. The van der Waals surface area contributed by atoms with E-state index in [9.17, 15) is 9.59 Å². The van der Waals surface area contributed by atoms with Crippen LogP contribution in [0.3, 0.4) is 0 Å². The summed E-state index contributed by atoms with van der Waals surface area (Å²) in [5, 5.41) is 0.0238. The van der Waals surface area contributed by atoms with Crippen LogP contribution in [0.2, 0.25) is 0 Å². The second kappa shape index (κ2) is 11.2. The molecule has 0 fully saturated rings. The highest BCUT2D eigenvalue weighted by Crippen LogP contribution is 2.17. The molecule has 3 heteroatoms. The molecule has 0 atom stereocenters. The van der Waals surface area contributed by atoms with Crippen LogP contribution in [0.1, 0.15) is 62.7 Å². The van der Waals surface area contributed by atoms with Crippen molar-refractivity contribution >= 4 is 22.7 Å². The van der Waals surface area contributed by atoms with Gasteiger partial charge in [0.2, 0.25) is 5.12 Å². The number of unbranched alkanes of at least 4 members (excludes halogenated alkanes) is 5. The number of carbonyl (C=O) groups is 2. The maximum absolute atomic E-state index is 12.0. The van der Waals surface area contributed by atoms with Crippen molar-refractivity contribution in [2.45, 2.75) is 52.4 Å². The van der Waals surface area contributed by atoms with E-state index in [1.54, 1.807) is 19.1 Å². The summed E-state index contributed by atoms with van der Waals surface area (Å²) in [5.41, 5.74) is 1.46. The van der Waals surface area contributed by atoms with Gasteiger partial charge in [-0.3, -0.25) is 9.59 Å². The van der Waals surface area contributed by atoms with Gasteiger partial charge in [-0.25, -0.2) is 0 Å². The standard InChI is InChI=1S/C19H26O2S/c1-3-4-5-6-7-9-14-18(16(2)20)15-22-19(21)17-12-10-8-11-13-17/h8,10-14H,3-7,9,15H2,1-2H3/b18-14+. The Morgan fingerprint density at radius 3 is 2.36 bits per heavy atom. The van der Waals surface area contributed by atoms with E-state index in [1.165, 1.54) is 37.4 Å². The van der Waals surface area contributed by atoms with Crippen LogP contribution in [-0.4, -0.2) is 16.7 Å². The van der Waals surface area contributed by atoms with E-state index in [1.807, 2.05) is 24.3 Å². The summed E-state index contributed by atoms with van der Waals surface area (Å²) in [6.45, 7) is 3.78. The van der Waals surface area contributed by atoms with Crippen LogP contribution in [-0.2, 0) is 4.79 Å². The van der Waals surface area contributed by atoms with E-state index in [0.29, 0.717) is 11.3 Å². The van der Waals surface area contributed by atoms with Crippen LogP contribution >= 0.6 is 11.8 Å². The fourth-order valence-electron chi connectivity index (χ4n) is 2.13. The fourth-order valence-corrected chi connectivity index (χ4v) is 3.04. The van der Waals surface area contributed by atoms with Crippen LogP contribution in [0, 0.1) is 0 Å². The molecule has 0 spiro atoms. The van der Waals surface area contributed by atoms with Gasteiger partial charge in [0, 0.05) is 16.9 Å². The van der Waals surface area contributed by atoms with Crippen LogP contribution in [0.15, 0.2) is 42.0 Å². The van der Waals surface area contributed by atoms with Crippen molar-refractivity contribution < 1.29 is 9.59 Å². The topological polar surface area (TPSA) is 34.1 Å². The highest BCUT2D eigenvalue weighted by Gasteiger charge is 2.10. The molecule has 22 heavy (non-hydrogen) atoms. The average Bonchev–Trinajstić information content (AvgIpc) is 2.53. The first-order valence-electron chi connectivity index (χ1n) is 8.07. The molecular formula is C19H26O2S. The molecule has 1 aromatic carbocycles. The number of hydrogen-bond acceptors (Lipinski definition) is 3. The Bertz CT molecular complexity index is 491. The van der Waals surface area contributed by atoms with Crippen LogP contribution in [0.4, 0.5) is 0 Å². The third-order valence-electron chi connectivity index (χ3n) is 3.52. The van der Waals surface area contributed by atoms with Crippen LogP contribution in [0.25, 0.3) is 0 Å². The predicted molar refractivity (Wildman–Crippen MR) is 95.4 cm³/mol. The minimum atomic E-state index is 0.0238. The van der Waals surface area contributed by atoms with E-state index < -0.39 is 0 Å². The van der Waals surface area contributed by atoms with E-state index in [-0.39, 0.29) is 10.9 Å². The van der Waals surface area contributed by atoms with Gasteiger partial charge in [0.15, 0.2) is 5.78 Å². The third-order valence-corrected chi connectivity index (χ3v) is 4.47. The highest BCUT2D eigenvalue weighted by atomic mass is 32.2.